The number of pyridine rings is 1. The lowest BCUT2D eigenvalue weighted by Crippen LogP contribution is -1.99. The van der Waals surface area contributed by atoms with E-state index in [0.29, 0.717) is 12.5 Å². The summed E-state index contributed by atoms with van der Waals surface area (Å²) in [6.45, 7) is 7.22. The monoisotopic (exact) mass is 401 g/mol. The van der Waals surface area contributed by atoms with Crippen molar-refractivity contribution in [1.29, 1.82) is 0 Å². The van der Waals surface area contributed by atoms with Gasteiger partial charge >= 0.3 is 0 Å². The van der Waals surface area contributed by atoms with Crippen LogP contribution in [0.5, 0.6) is 5.75 Å². The first-order chi connectivity index (χ1) is 14.7. The molecule has 0 aliphatic carbocycles. The Bertz CT molecular complexity index is 866. The van der Waals surface area contributed by atoms with Gasteiger partial charge in [0.25, 0.3) is 0 Å². The predicted molar refractivity (Wildman–Crippen MR) is 127 cm³/mol. The number of nitrogens with zero attached hydrogens (tertiary/aromatic N) is 1. The number of aromatic nitrogens is 1. The molecule has 0 aliphatic rings. The molecule has 1 unspecified atom stereocenters. The summed E-state index contributed by atoms with van der Waals surface area (Å²) in [5.41, 5.74) is 6.25. The maximum Gasteiger partial charge on any atom is 0.119 e. The molecule has 2 nitrogen and oxygen atoms in total. The van der Waals surface area contributed by atoms with Crippen LogP contribution in [0, 0.1) is 0 Å². The summed E-state index contributed by atoms with van der Waals surface area (Å²) in [5.74, 6) is 1.26. The SMILES string of the molecule is CCCCCCCc1ccc(C(C)c2ccc(-c3ccc(OCC)cc3)cc2)cn1. The van der Waals surface area contributed by atoms with Gasteiger partial charge in [-0.15, -0.1) is 0 Å². The summed E-state index contributed by atoms with van der Waals surface area (Å²) in [6, 6.07) is 21.6. The van der Waals surface area contributed by atoms with E-state index in [2.05, 4.69) is 68.6 Å². The van der Waals surface area contributed by atoms with Crippen LogP contribution in [-0.4, -0.2) is 11.6 Å². The highest BCUT2D eigenvalue weighted by atomic mass is 16.5. The summed E-state index contributed by atoms with van der Waals surface area (Å²) in [4.78, 5) is 4.72. The Balaban J connectivity index is 1.59. The van der Waals surface area contributed by atoms with E-state index in [4.69, 9.17) is 9.72 Å². The number of hydrogen-bond acceptors (Lipinski definition) is 2. The van der Waals surface area contributed by atoms with Crippen molar-refractivity contribution >= 4 is 0 Å². The summed E-state index contributed by atoms with van der Waals surface area (Å²) in [5, 5.41) is 0. The second kappa shape index (κ2) is 11.5. The van der Waals surface area contributed by atoms with Crippen LogP contribution < -0.4 is 4.74 Å². The fourth-order valence-electron chi connectivity index (χ4n) is 3.82. The summed E-state index contributed by atoms with van der Waals surface area (Å²) < 4.78 is 5.54. The van der Waals surface area contributed by atoms with Crippen LogP contribution in [0.4, 0.5) is 0 Å². The predicted octanol–water partition coefficient (Wildman–Crippen LogP) is 7.81. The van der Waals surface area contributed by atoms with Crippen LogP contribution in [0.1, 0.15) is 75.6 Å². The van der Waals surface area contributed by atoms with Gasteiger partial charge in [0.15, 0.2) is 0 Å². The van der Waals surface area contributed by atoms with Crippen molar-refractivity contribution in [3.8, 4) is 16.9 Å². The van der Waals surface area contributed by atoms with Crippen molar-refractivity contribution in [2.24, 2.45) is 0 Å². The van der Waals surface area contributed by atoms with E-state index in [1.54, 1.807) is 0 Å². The van der Waals surface area contributed by atoms with Gasteiger partial charge in [0, 0.05) is 17.8 Å². The average Bonchev–Trinajstić information content (AvgIpc) is 2.80. The van der Waals surface area contributed by atoms with Gasteiger partial charge in [0.05, 0.1) is 6.61 Å². The Morgan fingerprint density at radius 1 is 0.733 bits per heavy atom. The zero-order valence-electron chi connectivity index (χ0n) is 18.7. The molecule has 2 heteroatoms. The topological polar surface area (TPSA) is 22.1 Å². The number of unbranched alkanes of at least 4 members (excludes halogenated alkanes) is 4. The summed E-state index contributed by atoms with van der Waals surface area (Å²) in [7, 11) is 0. The maximum atomic E-state index is 5.54. The van der Waals surface area contributed by atoms with Crippen molar-refractivity contribution in [2.75, 3.05) is 6.61 Å². The van der Waals surface area contributed by atoms with E-state index in [1.807, 2.05) is 19.1 Å². The Hall–Kier alpha value is -2.61. The molecular formula is C28H35NO. The third kappa shape index (κ3) is 6.19. The van der Waals surface area contributed by atoms with Crippen molar-refractivity contribution < 1.29 is 4.74 Å². The molecule has 1 aromatic heterocycles. The number of benzene rings is 2. The number of hydrogen-bond donors (Lipinski definition) is 0. The first-order valence-electron chi connectivity index (χ1n) is 11.5. The normalized spacial score (nSPS) is 12.0. The van der Waals surface area contributed by atoms with Crippen LogP contribution in [0.2, 0.25) is 0 Å². The highest BCUT2D eigenvalue weighted by Gasteiger charge is 2.10. The van der Waals surface area contributed by atoms with Gasteiger partial charge in [-0.3, -0.25) is 4.98 Å². The molecule has 0 radical (unpaired) electrons. The maximum absolute atomic E-state index is 5.54. The minimum Gasteiger partial charge on any atom is -0.494 e. The second-order valence-corrected chi connectivity index (χ2v) is 8.05. The third-order valence-electron chi connectivity index (χ3n) is 5.79. The van der Waals surface area contributed by atoms with Crippen LogP contribution in [0.15, 0.2) is 66.9 Å². The van der Waals surface area contributed by atoms with E-state index in [9.17, 15) is 0 Å². The Labute approximate surface area is 182 Å². The lowest BCUT2D eigenvalue weighted by atomic mass is 9.92. The fraction of sp³-hybridized carbons (Fsp3) is 0.393. The second-order valence-electron chi connectivity index (χ2n) is 8.05. The van der Waals surface area contributed by atoms with Crippen molar-refractivity contribution in [2.45, 2.75) is 65.2 Å². The Morgan fingerprint density at radius 3 is 1.97 bits per heavy atom. The summed E-state index contributed by atoms with van der Waals surface area (Å²) in [6.07, 6.45) is 9.70. The molecule has 0 spiro atoms. The van der Waals surface area contributed by atoms with Crippen molar-refractivity contribution in [3.63, 3.8) is 0 Å². The first-order valence-corrected chi connectivity index (χ1v) is 11.5. The van der Waals surface area contributed by atoms with Gasteiger partial charge in [0.1, 0.15) is 5.75 Å². The molecule has 0 bridgehead atoms. The van der Waals surface area contributed by atoms with Gasteiger partial charge in [-0.05, 0) is 60.2 Å². The molecule has 3 aromatic rings. The van der Waals surface area contributed by atoms with E-state index in [1.165, 1.54) is 60.1 Å². The molecule has 0 aliphatic heterocycles. The third-order valence-corrected chi connectivity index (χ3v) is 5.79. The molecule has 0 saturated carbocycles. The highest BCUT2D eigenvalue weighted by Crippen LogP contribution is 2.28. The lowest BCUT2D eigenvalue weighted by Gasteiger charge is -2.14. The minimum absolute atomic E-state index is 0.338. The highest BCUT2D eigenvalue weighted by molar-refractivity contribution is 5.64. The molecular weight excluding hydrogens is 366 g/mol. The van der Waals surface area contributed by atoms with Gasteiger partial charge in [0.2, 0.25) is 0 Å². The van der Waals surface area contributed by atoms with E-state index >= 15 is 0 Å². The molecule has 0 saturated heterocycles. The zero-order valence-corrected chi connectivity index (χ0v) is 18.7. The minimum atomic E-state index is 0.338. The number of ether oxygens (including phenoxy) is 1. The average molecular weight is 402 g/mol. The standard InChI is InChI=1S/C28H35NO/c1-4-6-7-8-9-10-27-18-15-26(21-29-27)22(3)23-11-13-24(14-12-23)25-16-19-28(20-17-25)30-5-2/h11-22H,4-10H2,1-3H3. The van der Waals surface area contributed by atoms with Crippen LogP contribution in [0.25, 0.3) is 11.1 Å². The fourth-order valence-corrected chi connectivity index (χ4v) is 3.82. The molecule has 30 heavy (non-hydrogen) atoms. The quantitative estimate of drug-likeness (QED) is 0.306. The number of rotatable bonds is 11. The molecule has 0 amide bonds. The van der Waals surface area contributed by atoms with Crippen molar-refractivity contribution in [3.05, 3.63) is 83.7 Å². The van der Waals surface area contributed by atoms with Crippen LogP contribution >= 0.6 is 0 Å². The van der Waals surface area contributed by atoms with E-state index in [-0.39, 0.29) is 0 Å². The zero-order chi connectivity index (χ0) is 21.2. The molecule has 2 aromatic carbocycles. The van der Waals surface area contributed by atoms with Gasteiger partial charge in [-0.2, -0.15) is 0 Å². The smallest absolute Gasteiger partial charge is 0.119 e. The lowest BCUT2D eigenvalue weighted by molar-refractivity contribution is 0.340. The number of aryl methyl sites for hydroxylation is 1. The molecule has 1 atom stereocenters. The summed E-state index contributed by atoms with van der Waals surface area (Å²) >= 11 is 0. The van der Waals surface area contributed by atoms with Gasteiger partial charge in [-0.25, -0.2) is 0 Å². The Morgan fingerprint density at radius 2 is 1.37 bits per heavy atom. The van der Waals surface area contributed by atoms with E-state index < -0.39 is 0 Å². The molecule has 1 heterocycles. The van der Waals surface area contributed by atoms with Crippen LogP contribution in [-0.2, 0) is 6.42 Å². The molecule has 0 fully saturated rings. The molecule has 3 rings (SSSR count). The van der Waals surface area contributed by atoms with Crippen molar-refractivity contribution in [1.82, 2.24) is 4.98 Å². The largest absolute Gasteiger partial charge is 0.494 e. The Kier molecular flexibility index (Phi) is 8.50. The van der Waals surface area contributed by atoms with Crippen LogP contribution in [0.3, 0.4) is 0 Å². The molecule has 158 valence electrons. The van der Waals surface area contributed by atoms with E-state index in [0.717, 1.165) is 12.2 Å². The van der Waals surface area contributed by atoms with Gasteiger partial charge in [-0.1, -0.05) is 82.0 Å². The first kappa shape index (κ1) is 22.1. The molecule has 0 N–H and O–H groups in total. The van der Waals surface area contributed by atoms with Gasteiger partial charge < -0.3 is 4.74 Å².